The van der Waals surface area contributed by atoms with E-state index in [-0.39, 0.29) is 12.4 Å². The summed E-state index contributed by atoms with van der Waals surface area (Å²) in [6.07, 6.45) is -0.902. The number of aromatic hydroxyl groups is 1. The highest BCUT2D eigenvalue weighted by Crippen LogP contribution is 2.42. The molecule has 0 radical (unpaired) electrons. The van der Waals surface area contributed by atoms with Crippen LogP contribution in [0.4, 0.5) is 10.5 Å². The molecule has 0 aliphatic heterocycles. The number of carbonyl (C=O) groups excluding carboxylic acids is 1. The number of fused-ring (bicyclic) bond motifs is 1. The van der Waals surface area contributed by atoms with Gasteiger partial charge in [-0.05, 0) is 35.6 Å². The van der Waals surface area contributed by atoms with Crippen molar-refractivity contribution in [1.29, 1.82) is 0 Å². The molecule has 1 amide bonds. The van der Waals surface area contributed by atoms with Gasteiger partial charge in [0.15, 0.2) is 11.5 Å². The molecule has 3 N–H and O–H groups in total. The zero-order valence-electron chi connectivity index (χ0n) is 17.4. The van der Waals surface area contributed by atoms with E-state index in [1.165, 1.54) is 13.2 Å². The number of aliphatic hydroxyl groups excluding tert-OH is 1. The van der Waals surface area contributed by atoms with E-state index in [0.29, 0.717) is 23.4 Å². The Morgan fingerprint density at radius 3 is 2.53 bits per heavy atom. The van der Waals surface area contributed by atoms with Crippen molar-refractivity contribution in [2.24, 2.45) is 5.41 Å². The van der Waals surface area contributed by atoms with Crippen molar-refractivity contribution in [1.82, 2.24) is 0 Å². The van der Waals surface area contributed by atoms with Crippen LogP contribution in [0.15, 0.2) is 60.7 Å². The summed E-state index contributed by atoms with van der Waals surface area (Å²) < 4.78 is 10.9. The molecule has 30 heavy (non-hydrogen) atoms. The molecule has 0 saturated carbocycles. The second-order valence-corrected chi connectivity index (χ2v) is 7.83. The van der Waals surface area contributed by atoms with Crippen molar-refractivity contribution in [2.75, 3.05) is 19.0 Å². The lowest BCUT2D eigenvalue weighted by atomic mass is 9.80. The molecule has 6 heteroatoms. The smallest absolute Gasteiger partial charge is 0.412 e. The van der Waals surface area contributed by atoms with Crippen LogP contribution in [0, 0.1) is 5.41 Å². The number of nitrogens with one attached hydrogen (secondary N) is 1. The fourth-order valence-corrected chi connectivity index (χ4v) is 3.55. The minimum absolute atomic E-state index is 0.0436. The summed E-state index contributed by atoms with van der Waals surface area (Å²) in [7, 11) is 1.47. The van der Waals surface area contributed by atoms with E-state index in [0.717, 1.165) is 10.8 Å². The summed E-state index contributed by atoms with van der Waals surface area (Å²) in [4.78, 5) is 12.8. The molecule has 0 aromatic heterocycles. The minimum Gasteiger partial charge on any atom is -0.504 e. The quantitative estimate of drug-likeness (QED) is 0.496. The third-order valence-electron chi connectivity index (χ3n) is 5.22. The Morgan fingerprint density at radius 1 is 1.10 bits per heavy atom. The summed E-state index contributed by atoms with van der Waals surface area (Å²) in [5, 5.41) is 24.4. The first-order valence-corrected chi connectivity index (χ1v) is 9.79. The van der Waals surface area contributed by atoms with Crippen molar-refractivity contribution in [2.45, 2.75) is 26.4 Å². The predicted octanol–water partition coefficient (Wildman–Crippen LogP) is 5.25. The first kappa shape index (κ1) is 21.5. The van der Waals surface area contributed by atoms with E-state index in [1.54, 1.807) is 12.1 Å². The molecule has 158 valence electrons. The summed E-state index contributed by atoms with van der Waals surface area (Å²) in [6, 6.07) is 18.3. The monoisotopic (exact) mass is 409 g/mol. The van der Waals surface area contributed by atoms with Gasteiger partial charge in [0.2, 0.25) is 0 Å². The summed E-state index contributed by atoms with van der Waals surface area (Å²) in [5.74, 6) is 0.288. The van der Waals surface area contributed by atoms with Gasteiger partial charge in [-0.1, -0.05) is 56.3 Å². The molecule has 6 nitrogen and oxygen atoms in total. The Bertz CT molecular complexity index is 1030. The standard InChI is InChI=1S/C24H27NO5/c1-24(2,13-14-26)22(17-11-12-21(29-3)20(27)15-17)30-23(28)25-19-10-6-8-16-7-4-5-9-18(16)19/h4-12,15,22,26-27H,13-14H2,1-3H3,(H,25,28)/t22-/m0/s1. The number of anilines is 1. The van der Waals surface area contributed by atoms with Crippen LogP contribution in [-0.2, 0) is 4.74 Å². The van der Waals surface area contributed by atoms with Crippen molar-refractivity contribution in [3.05, 3.63) is 66.2 Å². The van der Waals surface area contributed by atoms with Gasteiger partial charge in [0.05, 0.1) is 12.8 Å². The molecule has 0 fully saturated rings. The zero-order chi connectivity index (χ0) is 21.7. The Labute approximate surface area is 176 Å². The molecule has 0 spiro atoms. The first-order chi connectivity index (χ1) is 14.4. The lowest BCUT2D eigenvalue weighted by Crippen LogP contribution is -2.29. The van der Waals surface area contributed by atoms with Gasteiger partial charge >= 0.3 is 6.09 Å². The van der Waals surface area contributed by atoms with Crippen LogP contribution < -0.4 is 10.1 Å². The average Bonchev–Trinajstić information content (AvgIpc) is 2.72. The number of amides is 1. The van der Waals surface area contributed by atoms with Crippen molar-refractivity contribution < 1.29 is 24.5 Å². The number of phenols is 1. The molecule has 1 atom stereocenters. The van der Waals surface area contributed by atoms with Crippen LogP contribution in [0.5, 0.6) is 11.5 Å². The Kier molecular flexibility index (Phi) is 6.47. The van der Waals surface area contributed by atoms with Crippen molar-refractivity contribution >= 4 is 22.6 Å². The second-order valence-electron chi connectivity index (χ2n) is 7.83. The lowest BCUT2D eigenvalue weighted by molar-refractivity contribution is 0.0151. The molecule has 0 aliphatic rings. The summed E-state index contributed by atoms with van der Waals surface area (Å²) >= 11 is 0. The van der Waals surface area contributed by atoms with E-state index < -0.39 is 17.6 Å². The number of hydrogen-bond donors (Lipinski definition) is 3. The van der Waals surface area contributed by atoms with E-state index in [4.69, 9.17) is 9.47 Å². The van der Waals surface area contributed by atoms with Crippen LogP contribution in [-0.4, -0.2) is 30.0 Å². The van der Waals surface area contributed by atoms with Crippen molar-refractivity contribution in [3.63, 3.8) is 0 Å². The number of methoxy groups -OCH3 is 1. The van der Waals surface area contributed by atoms with E-state index >= 15 is 0 Å². The number of benzene rings is 3. The predicted molar refractivity (Wildman–Crippen MR) is 117 cm³/mol. The highest BCUT2D eigenvalue weighted by atomic mass is 16.6. The molecule has 0 bridgehead atoms. The van der Waals surface area contributed by atoms with Gasteiger partial charge < -0.3 is 19.7 Å². The largest absolute Gasteiger partial charge is 0.504 e. The second kappa shape index (κ2) is 9.05. The van der Waals surface area contributed by atoms with Crippen LogP contribution in [0.25, 0.3) is 10.8 Å². The SMILES string of the molecule is COc1ccc([C@H](OC(=O)Nc2cccc3ccccc23)C(C)(C)CCO)cc1O. The van der Waals surface area contributed by atoms with Gasteiger partial charge in [-0.3, -0.25) is 5.32 Å². The maximum absolute atomic E-state index is 12.8. The Morgan fingerprint density at radius 2 is 1.83 bits per heavy atom. The van der Waals surface area contributed by atoms with Crippen LogP contribution in [0.2, 0.25) is 0 Å². The normalized spacial score (nSPS) is 12.4. The fraction of sp³-hybridized carbons (Fsp3) is 0.292. The number of rotatable bonds is 7. The zero-order valence-corrected chi connectivity index (χ0v) is 17.4. The molecule has 3 aromatic carbocycles. The third kappa shape index (κ3) is 4.66. The fourth-order valence-electron chi connectivity index (χ4n) is 3.55. The molecular weight excluding hydrogens is 382 g/mol. The van der Waals surface area contributed by atoms with E-state index in [9.17, 15) is 15.0 Å². The van der Waals surface area contributed by atoms with Gasteiger partial charge in [0.1, 0.15) is 6.10 Å². The molecule has 0 unspecified atom stereocenters. The van der Waals surface area contributed by atoms with Gasteiger partial charge in [0, 0.05) is 17.4 Å². The van der Waals surface area contributed by atoms with Gasteiger partial charge in [-0.25, -0.2) is 4.79 Å². The molecule has 0 aliphatic carbocycles. The molecule has 0 saturated heterocycles. The molecule has 0 heterocycles. The van der Waals surface area contributed by atoms with Gasteiger partial charge in [-0.15, -0.1) is 0 Å². The highest BCUT2D eigenvalue weighted by molar-refractivity contribution is 6.00. The number of carbonyl (C=O) groups is 1. The number of phenolic OH excluding ortho intramolecular Hbond substituents is 1. The average molecular weight is 409 g/mol. The Balaban J connectivity index is 1.89. The van der Waals surface area contributed by atoms with E-state index in [2.05, 4.69) is 5.32 Å². The maximum atomic E-state index is 12.8. The van der Waals surface area contributed by atoms with Crippen LogP contribution in [0.1, 0.15) is 31.9 Å². The molecular formula is C24H27NO5. The van der Waals surface area contributed by atoms with Gasteiger partial charge in [0.25, 0.3) is 0 Å². The Hall–Kier alpha value is -3.25. The summed E-state index contributed by atoms with van der Waals surface area (Å²) in [5.41, 5.74) is 0.681. The third-order valence-corrected chi connectivity index (χ3v) is 5.22. The number of ether oxygens (including phenoxy) is 2. The molecule has 3 aromatic rings. The summed E-state index contributed by atoms with van der Waals surface area (Å²) in [6.45, 7) is 3.75. The topological polar surface area (TPSA) is 88.0 Å². The maximum Gasteiger partial charge on any atom is 0.412 e. The number of hydrogen-bond acceptors (Lipinski definition) is 5. The highest BCUT2D eigenvalue weighted by Gasteiger charge is 2.34. The lowest BCUT2D eigenvalue weighted by Gasteiger charge is -2.34. The van der Waals surface area contributed by atoms with Gasteiger partial charge in [-0.2, -0.15) is 0 Å². The molecule has 3 rings (SSSR count). The first-order valence-electron chi connectivity index (χ1n) is 9.79. The van der Waals surface area contributed by atoms with Crippen molar-refractivity contribution in [3.8, 4) is 11.5 Å². The number of aliphatic hydroxyl groups is 1. The minimum atomic E-state index is -0.698. The van der Waals surface area contributed by atoms with Crippen LogP contribution >= 0.6 is 0 Å². The van der Waals surface area contributed by atoms with E-state index in [1.807, 2.05) is 56.3 Å². The van der Waals surface area contributed by atoms with Crippen LogP contribution in [0.3, 0.4) is 0 Å².